The molecule has 0 atom stereocenters. The molecule has 1 N–H and O–H groups in total. The number of ether oxygens (including phenoxy) is 1. The Balaban J connectivity index is 1.59. The molecule has 122 valence electrons. The quantitative estimate of drug-likeness (QED) is 0.657. The molecule has 0 radical (unpaired) electrons. The lowest BCUT2D eigenvalue weighted by molar-refractivity contribution is 0.103. The van der Waals surface area contributed by atoms with E-state index in [1.54, 1.807) is 48.0 Å². The van der Waals surface area contributed by atoms with Gasteiger partial charge in [0.15, 0.2) is 0 Å². The van der Waals surface area contributed by atoms with Gasteiger partial charge in [-0.1, -0.05) is 11.6 Å². The molecule has 0 saturated carbocycles. The summed E-state index contributed by atoms with van der Waals surface area (Å²) in [5, 5.41) is 5.51. The third-order valence-corrected chi connectivity index (χ3v) is 6.54. The summed E-state index contributed by atoms with van der Waals surface area (Å²) in [5.41, 5.74) is 3.22. The fraction of sp³-hybridized carbons (Fsp3) is 0.167. The van der Waals surface area contributed by atoms with Gasteiger partial charge >= 0.3 is 0 Å². The van der Waals surface area contributed by atoms with Gasteiger partial charge < -0.3 is 10.1 Å². The van der Waals surface area contributed by atoms with Crippen molar-refractivity contribution in [3.05, 3.63) is 56.1 Å². The van der Waals surface area contributed by atoms with Crippen LogP contribution in [0.1, 0.15) is 20.1 Å². The van der Waals surface area contributed by atoms with Crippen LogP contribution < -0.4 is 10.1 Å². The maximum Gasteiger partial charge on any atom is 0.265 e. The first-order valence-electron chi connectivity index (χ1n) is 7.50. The Morgan fingerprint density at radius 3 is 2.92 bits per heavy atom. The molecule has 2 aromatic heterocycles. The molecular formula is C18H14ClNO2S2. The average Bonchev–Trinajstić information content (AvgIpc) is 3.20. The molecule has 0 bridgehead atoms. The van der Waals surface area contributed by atoms with Crippen molar-refractivity contribution < 1.29 is 9.53 Å². The zero-order valence-electron chi connectivity index (χ0n) is 12.9. The molecule has 1 amide bonds. The van der Waals surface area contributed by atoms with Gasteiger partial charge in [-0.15, -0.1) is 22.7 Å². The smallest absolute Gasteiger partial charge is 0.265 e. The minimum atomic E-state index is -0.104. The highest BCUT2D eigenvalue weighted by Gasteiger charge is 2.22. The molecule has 3 nitrogen and oxygen atoms in total. The molecule has 3 aromatic rings. The molecule has 1 aliphatic rings. The van der Waals surface area contributed by atoms with E-state index in [4.69, 9.17) is 16.3 Å². The summed E-state index contributed by atoms with van der Waals surface area (Å²) in [6, 6.07) is 9.39. The van der Waals surface area contributed by atoms with Crippen LogP contribution in [0.3, 0.4) is 0 Å². The number of nitrogens with one attached hydrogen (secondary N) is 1. The largest absolute Gasteiger partial charge is 0.495 e. The van der Waals surface area contributed by atoms with Crippen molar-refractivity contribution in [1.82, 2.24) is 0 Å². The number of amides is 1. The van der Waals surface area contributed by atoms with Gasteiger partial charge in [-0.25, -0.2) is 0 Å². The van der Waals surface area contributed by atoms with Gasteiger partial charge in [0.05, 0.1) is 17.0 Å². The molecule has 2 heterocycles. The minimum absolute atomic E-state index is 0.104. The van der Waals surface area contributed by atoms with E-state index in [1.165, 1.54) is 20.9 Å². The number of aryl methyl sites for hydroxylation is 2. The van der Waals surface area contributed by atoms with E-state index in [-0.39, 0.29) is 5.91 Å². The van der Waals surface area contributed by atoms with Gasteiger partial charge in [-0.05, 0) is 54.1 Å². The van der Waals surface area contributed by atoms with E-state index in [2.05, 4.69) is 16.8 Å². The number of rotatable bonds is 3. The van der Waals surface area contributed by atoms with Crippen LogP contribution in [0.2, 0.25) is 5.02 Å². The highest BCUT2D eigenvalue weighted by atomic mass is 35.5. The SMILES string of the molecule is COc1ccc(NC(=O)c2cc3c(s2)-c2ccsc2CC3)cc1Cl. The summed E-state index contributed by atoms with van der Waals surface area (Å²) in [7, 11) is 1.56. The van der Waals surface area contributed by atoms with Gasteiger partial charge in [0.1, 0.15) is 5.75 Å². The van der Waals surface area contributed by atoms with Crippen molar-refractivity contribution in [2.24, 2.45) is 0 Å². The number of anilines is 1. The summed E-state index contributed by atoms with van der Waals surface area (Å²) in [6.45, 7) is 0. The highest BCUT2D eigenvalue weighted by Crippen LogP contribution is 2.42. The van der Waals surface area contributed by atoms with Crippen LogP contribution in [0.25, 0.3) is 10.4 Å². The van der Waals surface area contributed by atoms with E-state index in [1.807, 2.05) is 6.07 Å². The predicted octanol–water partition coefficient (Wildman–Crippen LogP) is 5.49. The van der Waals surface area contributed by atoms with Crippen molar-refractivity contribution in [3.63, 3.8) is 0 Å². The Labute approximate surface area is 152 Å². The van der Waals surface area contributed by atoms with Crippen LogP contribution in [0.4, 0.5) is 5.69 Å². The molecule has 0 spiro atoms. The molecular weight excluding hydrogens is 362 g/mol. The average molecular weight is 376 g/mol. The Morgan fingerprint density at radius 1 is 1.25 bits per heavy atom. The third kappa shape index (κ3) is 2.73. The summed E-state index contributed by atoms with van der Waals surface area (Å²) in [4.78, 5) is 16.0. The molecule has 0 aliphatic heterocycles. The number of hydrogen-bond acceptors (Lipinski definition) is 4. The number of methoxy groups -OCH3 is 1. The second-order valence-electron chi connectivity index (χ2n) is 5.53. The first-order valence-corrected chi connectivity index (χ1v) is 9.57. The standard InChI is InChI=1S/C18H14ClNO2S2/c1-22-14-4-3-11(9-13(14)19)20-18(21)16-8-10-2-5-15-12(6-7-23-15)17(10)24-16/h3-4,6-9H,2,5H2,1H3,(H,20,21). The maximum atomic E-state index is 12.6. The molecule has 0 saturated heterocycles. The van der Waals surface area contributed by atoms with Crippen LogP contribution in [0.5, 0.6) is 5.75 Å². The van der Waals surface area contributed by atoms with Crippen molar-refractivity contribution in [3.8, 4) is 16.2 Å². The Morgan fingerprint density at radius 2 is 2.12 bits per heavy atom. The number of halogens is 1. The van der Waals surface area contributed by atoms with Crippen molar-refractivity contribution in [2.45, 2.75) is 12.8 Å². The molecule has 4 rings (SSSR count). The first-order chi connectivity index (χ1) is 11.7. The first kappa shape index (κ1) is 15.7. The molecule has 24 heavy (non-hydrogen) atoms. The monoisotopic (exact) mass is 375 g/mol. The number of fused-ring (bicyclic) bond motifs is 3. The van der Waals surface area contributed by atoms with Crippen molar-refractivity contribution in [1.29, 1.82) is 0 Å². The second kappa shape index (κ2) is 6.24. The molecule has 0 fully saturated rings. The Hall–Kier alpha value is -1.82. The van der Waals surface area contributed by atoms with Crippen LogP contribution in [-0.2, 0) is 12.8 Å². The van der Waals surface area contributed by atoms with E-state index in [9.17, 15) is 4.79 Å². The zero-order valence-corrected chi connectivity index (χ0v) is 15.3. The Kier molecular flexibility index (Phi) is 4.08. The molecule has 6 heteroatoms. The minimum Gasteiger partial charge on any atom is -0.495 e. The summed E-state index contributed by atoms with van der Waals surface area (Å²) >= 11 is 9.47. The highest BCUT2D eigenvalue weighted by molar-refractivity contribution is 7.18. The predicted molar refractivity (Wildman–Crippen MR) is 101 cm³/mol. The van der Waals surface area contributed by atoms with Gasteiger partial charge in [-0.3, -0.25) is 4.79 Å². The van der Waals surface area contributed by atoms with Crippen LogP contribution in [-0.4, -0.2) is 13.0 Å². The molecule has 1 aromatic carbocycles. The van der Waals surface area contributed by atoms with E-state index in [0.29, 0.717) is 16.5 Å². The van der Waals surface area contributed by atoms with Gasteiger partial charge in [-0.2, -0.15) is 0 Å². The van der Waals surface area contributed by atoms with Crippen molar-refractivity contribution in [2.75, 3.05) is 12.4 Å². The topological polar surface area (TPSA) is 38.3 Å². The number of hydrogen-bond donors (Lipinski definition) is 1. The van der Waals surface area contributed by atoms with Crippen LogP contribution in [0, 0.1) is 0 Å². The van der Waals surface area contributed by atoms with Gasteiger partial charge in [0.25, 0.3) is 5.91 Å². The fourth-order valence-electron chi connectivity index (χ4n) is 2.88. The van der Waals surface area contributed by atoms with E-state index in [0.717, 1.165) is 17.7 Å². The fourth-order valence-corrected chi connectivity index (χ4v) is 5.24. The van der Waals surface area contributed by atoms with Gasteiger partial charge in [0.2, 0.25) is 0 Å². The molecule has 0 unspecified atom stereocenters. The number of benzene rings is 1. The third-order valence-electron chi connectivity index (χ3n) is 4.05. The van der Waals surface area contributed by atoms with Crippen LogP contribution in [0.15, 0.2) is 35.7 Å². The lowest BCUT2D eigenvalue weighted by Crippen LogP contribution is -2.10. The second-order valence-corrected chi connectivity index (χ2v) is 7.99. The number of carbonyl (C=O) groups excluding carboxylic acids is 1. The van der Waals surface area contributed by atoms with Crippen molar-refractivity contribution >= 4 is 45.9 Å². The van der Waals surface area contributed by atoms with Crippen LogP contribution >= 0.6 is 34.3 Å². The lowest BCUT2D eigenvalue weighted by atomic mass is 9.98. The number of thiophene rings is 2. The van der Waals surface area contributed by atoms with E-state index < -0.39 is 0 Å². The zero-order chi connectivity index (χ0) is 16.7. The Bertz CT molecular complexity index is 929. The van der Waals surface area contributed by atoms with Gasteiger partial charge in [0, 0.05) is 21.0 Å². The molecule has 1 aliphatic carbocycles. The normalized spacial score (nSPS) is 12.4. The summed E-state index contributed by atoms with van der Waals surface area (Å²) in [6.07, 6.45) is 2.06. The summed E-state index contributed by atoms with van der Waals surface area (Å²) < 4.78 is 5.13. The maximum absolute atomic E-state index is 12.6. The van der Waals surface area contributed by atoms with E-state index >= 15 is 0 Å². The lowest BCUT2D eigenvalue weighted by Gasteiger charge is -2.10. The summed E-state index contributed by atoms with van der Waals surface area (Å²) in [5.74, 6) is 0.485. The number of carbonyl (C=O) groups is 1.